The van der Waals surface area contributed by atoms with Crippen LogP contribution >= 0.6 is 11.8 Å². The summed E-state index contributed by atoms with van der Waals surface area (Å²) in [5.74, 6) is -0.108. The molecule has 2 N–H and O–H groups in total. The summed E-state index contributed by atoms with van der Waals surface area (Å²) in [7, 11) is -3.59. The lowest BCUT2D eigenvalue weighted by atomic mass is 10.1. The first-order valence-corrected chi connectivity index (χ1v) is 10.5. The minimum Gasteiger partial charge on any atom is -0.324 e. The maximum absolute atomic E-state index is 12.4. The molecule has 1 atom stereocenters. The second-order valence-electron chi connectivity index (χ2n) is 5.89. The molecule has 0 saturated heterocycles. The van der Waals surface area contributed by atoms with Crippen LogP contribution in [0.5, 0.6) is 0 Å². The largest absolute Gasteiger partial charge is 0.324 e. The van der Waals surface area contributed by atoms with Crippen LogP contribution in [0.2, 0.25) is 0 Å². The molecule has 0 aliphatic carbocycles. The quantitative estimate of drug-likeness (QED) is 0.760. The zero-order chi connectivity index (χ0) is 17.9. The number of hydrogen-bond donors (Lipinski definition) is 2. The molecule has 5 nitrogen and oxygen atoms in total. The standard InChI is InChI=1S/C18H20N2O3S2/c1-13-18(21)20-16-12-15(9-10-17(16)24-13)25(22,23)19-11-5-8-14-6-3-2-4-7-14/h2-4,6-7,9-10,12-13,19H,5,8,11H2,1H3,(H,20,21)/t13-/m1/s1. The van der Waals surface area contributed by atoms with E-state index >= 15 is 0 Å². The Balaban J connectivity index is 1.62. The Labute approximate surface area is 152 Å². The molecule has 3 rings (SSSR count). The van der Waals surface area contributed by atoms with E-state index in [1.165, 1.54) is 23.4 Å². The Kier molecular flexibility index (Phi) is 5.46. The number of aryl methyl sites for hydroxylation is 1. The van der Waals surface area contributed by atoms with Gasteiger partial charge in [0.05, 0.1) is 15.8 Å². The normalized spacial score (nSPS) is 17.0. The van der Waals surface area contributed by atoms with E-state index in [0.29, 0.717) is 12.2 Å². The average molecular weight is 377 g/mol. The van der Waals surface area contributed by atoms with Crippen molar-refractivity contribution in [2.75, 3.05) is 11.9 Å². The minimum atomic E-state index is -3.59. The van der Waals surface area contributed by atoms with Crippen LogP contribution in [0.25, 0.3) is 0 Å². The predicted molar refractivity (Wildman–Crippen MR) is 100 cm³/mol. The summed E-state index contributed by atoms with van der Waals surface area (Å²) in [6.07, 6.45) is 1.54. The molecule has 1 aliphatic heterocycles. The Morgan fingerprint density at radius 1 is 1.16 bits per heavy atom. The van der Waals surface area contributed by atoms with Crippen LogP contribution in [0, 0.1) is 0 Å². The molecule has 1 heterocycles. The van der Waals surface area contributed by atoms with E-state index in [0.717, 1.165) is 17.7 Å². The van der Waals surface area contributed by atoms with Crippen LogP contribution in [-0.2, 0) is 21.2 Å². The number of carbonyl (C=O) groups excluding carboxylic acids is 1. The Morgan fingerprint density at radius 2 is 1.92 bits per heavy atom. The number of thioether (sulfide) groups is 1. The summed E-state index contributed by atoms with van der Waals surface area (Å²) in [4.78, 5) is 12.8. The fourth-order valence-electron chi connectivity index (χ4n) is 2.58. The van der Waals surface area contributed by atoms with Gasteiger partial charge in [0.1, 0.15) is 0 Å². The first-order valence-electron chi connectivity index (χ1n) is 8.11. The van der Waals surface area contributed by atoms with Crippen molar-refractivity contribution >= 4 is 33.4 Å². The predicted octanol–water partition coefficient (Wildman–Crippen LogP) is 3.03. The van der Waals surface area contributed by atoms with Crippen molar-refractivity contribution in [1.82, 2.24) is 4.72 Å². The molecule has 0 saturated carbocycles. The summed E-state index contributed by atoms with van der Waals surface area (Å²) in [5.41, 5.74) is 1.74. The number of amides is 1. The van der Waals surface area contributed by atoms with Crippen molar-refractivity contribution in [3.05, 3.63) is 54.1 Å². The maximum Gasteiger partial charge on any atom is 0.240 e. The van der Waals surface area contributed by atoms with Gasteiger partial charge in [0.15, 0.2) is 0 Å². The van der Waals surface area contributed by atoms with Gasteiger partial charge in [0, 0.05) is 11.4 Å². The third kappa shape index (κ3) is 4.42. The second kappa shape index (κ2) is 7.59. The van der Waals surface area contributed by atoms with E-state index in [-0.39, 0.29) is 16.1 Å². The maximum atomic E-state index is 12.4. The van der Waals surface area contributed by atoms with Gasteiger partial charge in [-0.05, 0) is 43.5 Å². The zero-order valence-corrected chi connectivity index (χ0v) is 15.5. The van der Waals surface area contributed by atoms with Gasteiger partial charge in [-0.25, -0.2) is 13.1 Å². The van der Waals surface area contributed by atoms with Gasteiger partial charge < -0.3 is 5.32 Å². The van der Waals surface area contributed by atoms with Crippen molar-refractivity contribution in [2.24, 2.45) is 0 Å². The first-order chi connectivity index (χ1) is 12.0. The first kappa shape index (κ1) is 18.0. The molecule has 2 aromatic carbocycles. The van der Waals surface area contributed by atoms with Crippen molar-refractivity contribution < 1.29 is 13.2 Å². The number of anilines is 1. The van der Waals surface area contributed by atoms with Gasteiger partial charge in [-0.2, -0.15) is 0 Å². The molecule has 1 amide bonds. The third-order valence-corrected chi connectivity index (χ3v) is 6.61. The van der Waals surface area contributed by atoms with Gasteiger partial charge in [0.25, 0.3) is 0 Å². The fourth-order valence-corrected chi connectivity index (χ4v) is 4.61. The molecular formula is C18H20N2O3S2. The molecule has 0 radical (unpaired) electrons. The number of fused-ring (bicyclic) bond motifs is 1. The highest BCUT2D eigenvalue weighted by Gasteiger charge is 2.24. The topological polar surface area (TPSA) is 75.3 Å². The van der Waals surface area contributed by atoms with Crippen molar-refractivity contribution in [3.8, 4) is 0 Å². The minimum absolute atomic E-state index is 0.108. The van der Waals surface area contributed by atoms with Crippen LogP contribution < -0.4 is 10.0 Å². The van der Waals surface area contributed by atoms with Crippen molar-refractivity contribution in [2.45, 2.75) is 34.8 Å². The van der Waals surface area contributed by atoms with E-state index in [1.54, 1.807) is 12.1 Å². The lowest BCUT2D eigenvalue weighted by Gasteiger charge is -2.21. The van der Waals surface area contributed by atoms with Crippen molar-refractivity contribution in [1.29, 1.82) is 0 Å². The van der Waals surface area contributed by atoms with Crippen LogP contribution in [0.1, 0.15) is 18.9 Å². The lowest BCUT2D eigenvalue weighted by molar-refractivity contribution is -0.115. The lowest BCUT2D eigenvalue weighted by Crippen LogP contribution is -2.28. The highest BCUT2D eigenvalue weighted by molar-refractivity contribution is 8.01. The van der Waals surface area contributed by atoms with E-state index in [2.05, 4.69) is 10.0 Å². The summed E-state index contributed by atoms with van der Waals surface area (Å²) in [6.45, 7) is 2.19. The molecule has 0 spiro atoms. The number of sulfonamides is 1. The highest BCUT2D eigenvalue weighted by atomic mass is 32.2. The van der Waals surface area contributed by atoms with Crippen LogP contribution in [-0.4, -0.2) is 26.1 Å². The molecule has 0 fully saturated rings. The smallest absolute Gasteiger partial charge is 0.240 e. The molecular weight excluding hydrogens is 356 g/mol. The third-order valence-electron chi connectivity index (χ3n) is 3.97. The Hall–Kier alpha value is -1.83. The summed E-state index contributed by atoms with van der Waals surface area (Å²) < 4.78 is 27.5. The van der Waals surface area contributed by atoms with Gasteiger partial charge in [-0.15, -0.1) is 11.8 Å². The zero-order valence-electron chi connectivity index (χ0n) is 13.9. The van der Waals surface area contributed by atoms with Crippen LogP contribution in [0.15, 0.2) is 58.3 Å². The summed E-state index contributed by atoms with van der Waals surface area (Å²) in [5, 5.41) is 2.58. The summed E-state index contributed by atoms with van der Waals surface area (Å²) >= 11 is 1.43. The second-order valence-corrected chi connectivity index (χ2v) is 9.04. The average Bonchev–Trinajstić information content (AvgIpc) is 2.60. The van der Waals surface area contributed by atoms with E-state index in [4.69, 9.17) is 0 Å². The molecule has 25 heavy (non-hydrogen) atoms. The van der Waals surface area contributed by atoms with Gasteiger partial charge in [-0.1, -0.05) is 30.3 Å². The summed E-state index contributed by atoms with van der Waals surface area (Å²) in [6, 6.07) is 14.8. The number of rotatable bonds is 6. The Morgan fingerprint density at radius 3 is 2.68 bits per heavy atom. The number of benzene rings is 2. The SMILES string of the molecule is C[C@H]1Sc2ccc(S(=O)(=O)NCCCc3ccccc3)cc2NC1=O. The molecule has 7 heteroatoms. The van der Waals surface area contributed by atoms with Gasteiger partial charge in [-0.3, -0.25) is 4.79 Å². The Bertz CT molecular complexity index is 867. The number of carbonyl (C=O) groups is 1. The number of nitrogens with one attached hydrogen (secondary N) is 2. The van der Waals surface area contributed by atoms with Crippen LogP contribution in [0.3, 0.4) is 0 Å². The van der Waals surface area contributed by atoms with E-state index < -0.39 is 10.0 Å². The van der Waals surface area contributed by atoms with Crippen molar-refractivity contribution in [3.63, 3.8) is 0 Å². The molecule has 1 aliphatic rings. The molecule has 0 bridgehead atoms. The van der Waals surface area contributed by atoms with E-state index in [9.17, 15) is 13.2 Å². The van der Waals surface area contributed by atoms with Gasteiger partial charge >= 0.3 is 0 Å². The van der Waals surface area contributed by atoms with Crippen LogP contribution in [0.4, 0.5) is 5.69 Å². The molecule has 0 aromatic heterocycles. The number of hydrogen-bond acceptors (Lipinski definition) is 4. The molecule has 0 unspecified atom stereocenters. The molecule has 2 aromatic rings. The van der Waals surface area contributed by atoms with E-state index in [1.807, 2.05) is 37.3 Å². The highest BCUT2D eigenvalue weighted by Crippen LogP contribution is 2.36. The van der Waals surface area contributed by atoms with Gasteiger partial charge in [0.2, 0.25) is 15.9 Å². The fraction of sp³-hybridized carbons (Fsp3) is 0.278. The monoisotopic (exact) mass is 376 g/mol. The molecule has 132 valence electrons.